The van der Waals surface area contributed by atoms with Gasteiger partial charge < -0.3 is 9.84 Å². The number of nitrogens with zero attached hydrogens (tertiary/aromatic N) is 2. The first kappa shape index (κ1) is 10.6. The number of thiophene rings is 1. The Hall–Kier alpha value is -0.910. The predicted octanol–water partition coefficient (Wildman–Crippen LogP) is 2.48. The van der Waals surface area contributed by atoms with E-state index in [0.29, 0.717) is 23.3 Å². The molecule has 0 amide bonds. The molecule has 0 aliphatic heterocycles. The molecule has 0 saturated carbocycles. The molecule has 0 spiro atoms. The van der Waals surface area contributed by atoms with E-state index in [2.05, 4.69) is 15.5 Å². The van der Waals surface area contributed by atoms with E-state index in [1.165, 1.54) is 11.3 Å². The first-order chi connectivity index (χ1) is 7.22. The highest BCUT2D eigenvalue weighted by Gasteiger charge is 2.15. The monoisotopic (exact) mass is 243 g/mol. The van der Waals surface area contributed by atoms with Gasteiger partial charge in [0.15, 0.2) is 5.82 Å². The quantitative estimate of drug-likeness (QED) is 0.900. The Labute approximate surface area is 96.3 Å². The van der Waals surface area contributed by atoms with Crippen LogP contribution in [0.1, 0.15) is 11.4 Å². The molecular weight excluding hydrogens is 234 g/mol. The van der Waals surface area contributed by atoms with Crippen molar-refractivity contribution in [2.45, 2.75) is 13.5 Å². The molecule has 2 heterocycles. The van der Waals surface area contributed by atoms with Gasteiger partial charge in [0, 0.05) is 0 Å². The smallest absolute Gasteiger partial charge is 0.269 e. The van der Waals surface area contributed by atoms with E-state index in [1.807, 2.05) is 19.4 Å². The summed E-state index contributed by atoms with van der Waals surface area (Å²) >= 11 is 7.61. The van der Waals surface area contributed by atoms with Crippen LogP contribution in [0, 0.1) is 6.92 Å². The van der Waals surface area contributed by atoms with Gasteiger partial charge in [0.05, 0.1) is 11.6 Å². The van der Waals surface area contributed by atoms with Gasteiger partial charge in [-0.15, -0.1) is 11.3 Å². The summed E-state index contributed by atoms with van der Waals surface area (Å²) in [5.74, 6) is 1.12. The van der Waals surface area contributed by atoms with Gasteiger partial charge in [-0.05, 0) is 24.9 Å². The summed E-state index contributed by atoms with van der Waals surface area (Å²) in [4.78, 5) is 5.07. The van der Waals surface area contributed by atoms with E-state index in [-0.39, 0.29) is 0 Å². The highest BCUT2D eigenvalue weighted by atomic mass is 35.5. The van der Waals surface area contributed by atoms with Crippen molar-refractivity contribution in [2.24, 2.45) is 0 Å². The van der Waals surface area contributed by atoms with Gasteiger partial charge in [-0.3, -0.25) is 0 Å². The second kappa shape index (κ2) is 4.30. The minimum Gasteiger partial charge on any atom is -0.333 e. The highest BCUT2D eigenvalue weighted by molar-refractivity contribution is 7.14. The van der Waals surface area contributed by atoms with Crippen molar-refractivity contribution >= 4 is 22.9 Å². The van der Waals surface area contributed by atoms with Crippen molar-refractivity contribution < 1.29 is 4.52 Å². The molecule has 0 unspecified atom stereocenters. The van der Waals surface area contributed by atoms with E-state index >= 15 is 0 Å². The third-order valence-corrected chi connectivity index (χ3v) is 3.58. The lowest BCUT2D eigenvalue weighted by Crippen LogP contribution is -2.06. The molecule has 1 N–H and O–H groups in total. The van der Waals surface area contributed by atoms with Gasteiger partial charge in [0.25, 0.3) is 5.89 Å². The largest absolute Gasteiger partial charge is 0.333 e. The third kappa shape index (κ3) is 2.04. The normalized spacial score (nSPS) is 10.9. The topological polar surface area (TPSA) is 51.0 Å². The Morgan fingerprint density at radius 1 is 1.60 bits per heavy atom. The van der Waals surface area contributed by atoms with Crippen LogP contribution in [0.2, 0.25) is 5.02 Å². The van der Waals surface area contributed by atoms with Crippen molar-refractivity contribution in [3.63, 3.8) is 0 Å². The fraction of sp³-hybridized carbons (Fsp3) is 0.333. The molecule has 2 aromatic heterocycles. The van der Waals surface area contributed by atoms with Crippen LogP contribution >= 0.6 is 22.9 Å². The number of aryl methyl sites for hydroxylation is 1. The molecule has 15 heavy (non-hydrogen) atoms. The summed E-state index contributed by atoms with van der Waals surface area (Å²) in [5, 5.41) is 9.45. The molecule has 0 atom stereocenters. The summed E-state index contributed by atoms with van der Waals surface area (Å²) < 4.78 is 5.12. The zero-order valence-electron chi connectivity index (χ0n) is 8.37. The van der Waals surface area contributed by atoms with E-state index in [1.54, 1.807) is 0 Å². The number of hydrogen-bond acceptors (Lipinski definition) is 5. The molecule has 0 aliphatic carbocycles. The van der Waals surface area contributed by atoms with Gasteiger partial charge in [-0.2, -0.15) is 4.98 Å². The average molecular weight is 244 g/mol. The number of nitrogens with one attached hydrogen (secondary N) is 1. The maximum absolute atomic E-state index is 6.10. The minimum atomic E-state index is 0.489. The lowest BCUT2D eigenvalue weighted by atomic mass is 10.3. The molecule has 0 radical (unpaired) electrons. The van der Waals surface area contributed by atoms with E-state index in [9.17, 15) is 0 Å². The first-order valence-corrected chi connectivity index (χ1v) is 5.69. The van der Waals surface area contributed by atoms with Crippen LogP contribution in [-0.2, 0) is 6.54 Å². The van der Waals surface area contributed by atoms with Gasteiger partial charge in [0.2, 0.25) is 0 Å². The van der Waals surface area contributed by atoms with E-state index in [4.69, 9.17) is 16.1 Å². The number of hydrogen-bond donors (Lipinski definition) is 1. The summed E-state index contributed by atoms with van der Waals surface area (Å²) in [6, 6.07) is 0. The van der Waals surface area contributed by atoms with Crippen LogP contribution in [0.15, 0.2) is 9.90 Å². The van der Waals surface area contributed by atoms with Crippen molar-refractivity contribution in [1.29, 1.82) is 0 Å². The van der Waals surface area contributed by atoms with E-state index in [0.717, 1.165) is 10.4 Å². The molecule has 0 aromatic carbocycles. The zero-order valence-corrected chi connectivity index (χ0v) is 9.95. The van der Waals surface area contributed by atoms with Gasteiger partial charge in [-0.1, -0.05) is 16.8 Å². The minimum absolute atomic E-state index is 0.489. The van der Waals surface area contributed by atoms with Crippen LogP contribution < -0.4 is 5.32 Å². The van der Waals surface area contributed by atoms with Crippen LogP contribution in [0.5, 0.6) is 0 Å². The Kier molecular flexibility index (Phi) is 3.04. The molecule has 0 aliphatic rings. The molecular formula is C9H10ClN3OS. The molecule has 0 bridgehead atoms. The lowest BCUT2D eigenvalue weighted by Gasteiger charge is -1.89. The van der Waals surface area contributed by atoms with Crippen molar-refractivity contribution in [2.75, 3.05) is 7.05 Å². The molecule has 6 heteroatoms. The summed E-state index contributed by atoms with van der Waals surface area (Å²) in [5.41, 5.74) is 1.03. The highest BCUT2D eigenvalue weighted by Crippen LogP contribution is 2.35. The van der Waals surface area contributed by atoms with Crippen LogP contribution in [0.4, 0.5) is 0 Å². The SMILES string of the molecule is CNCc1noc(-c2scc(C)c2Cl)n1. The van der Waals surface area contributed by atoms with Gasteiger partial charge in [-0.25, -0.2) is 0 Å². The Morgan fingerprint density at radius 3 is 3.00 bits per heavy atom. The molecule has 2 aromatic rings. The standard InChI is InChI=1S/C9H10ClN3OS/c1-5-4-15-8(7(5)10)9-12-6(3-11-2)13-14-9/h4,11H,3H2,1-2H3. The molecule has 0 fully saturated rings. The lowest BCUT2D eigenvalue weighted by molar-refractivity contribution is 0.421. The van der Waals surface area contributed by atoms with Crippen molar-refractivity contribution in [3.05, 3.63) is 21.8 Å². The fourth-order valence-electron chi connectivity index (χ4n) is 1.15. The van der Waals surface area contributed by atoms with Gasteiger partial charge >= 0.3 is 0 Å². The molecule has 0 saturated heterocycles. The number of rotatable bonds is 3. The van der Waals surface area contributed by atoms with Crippen molar-refractivity contribution in [1.82, 2.24) is 15.5 Å². The Bertz CT molecular complexity index is 466. The summed E-state index contributed by atoms with van der Waals surface area (Å²) in [6.07, 6.45) is 0. The summed E-state index contributed by atoms with van der Waals surface area (Å²) in [7, 11) is 1.83. The fourth-order valence-corrected chi connectivity index (χ4v) is 2.34. The van der Waals surface area contributed by atoms with Crippen LogP contribution in [0.3, 0.4) is 0 Å². The molecule has 4 nitrogen and oxygen atoms in total. The molecule has 2 rings (SSSR count). The second-order valence-corrected chi connectivity index (χ2v) is 4.37. The van der Waals surface area contributed by atoms with Crippen molar-refractivity contribution in [3.8, 4) is 10.8 Å². The Balaban J connectivity index is 2.33. The number of aromatic nitrogens is 2. The van der Waals surface area contributed by atoms with Crippen LogP contribution in [0.25, 0.3) is 10.8 Å². The number of halogens is 1. The Morgan fingerprint density at radius 2 is 2.40 bits per heavy atom. The van der Waals surface area contributed by atoms with Crippen LogP contribution in [-0.4, -0.2) is 17.2 Å². The molecule has 80 valence electrons. The zero-order chi connectivity index (χ0) is 10.8. The van der Waals surface area contributed by atoms with E-state index < -0.39 is 0 Å². The average Bonchev–Trinajstić information content (AvgIpc) is 2.77. The maximum Gasteiger partial charge on any atom is 0.269 e. The predicted molar refractivity (Wildman–Crippen MR) is 60.1 cm³/mol. The maximum atomic E-state index is 6.10. The second-order valence-electron chi connectivity index (χ2n) is 3.11. The summed E-state index contributed by atoms with van der Waals surface area (Å²) in [6.45, 7) is 2.54. The third-order valence-electron chi connectivity index (χ3n) is 1.90. The first-order valence-electron chi connectivity index (χ1n) is 4.43. The van der Waals surface area contributed by atoms with Gasteiger partial charge in [0.1, 0.15) is 4.88 Å².